The Morgan fingerprint density at radius 3 is 2.13 bits per heavy atom. The lowest BCUT2D eigenvalue weighted by atomic mass is 9.84. The largest absolute Gasteiger partial charge is 0.370 e. The lowest BCUT2D eigenvalue weighted by molar-refractivity contribution is 0.0207. The van der Waals surface area contributed by atoms with Crippen LogP contribution in [0.15, 0.2) is 4.99 Å². The second kappa shape index (κ2) is 10.0. The lowest BCUT2D eigenvalue weighted by Gasteiger charge is -2.49. The number of hydrogen-bond acceptors (Lipinski definition) is 3. The highest BCUT2D eigenvalue weighted by Crippen LogP contribution is 2.31. The monoisotopic (exact) mass is 437 g/mol. The zero-order valence-corrected chi connectivity index (χ0v) is 17.6. The Balaban J connectivity index is 0.00000264. The molecule has 2 heterocycles. The fraction of sp³-hybridized carbons (Fsp3) is 0.941. The standard InChI is InChI=1S/C17H35N5.HI/c1-4-21(5-2)16(18)19-15-17(9-13-20(3)14-10-17)22-11-7-6-8-12-22;/h4-15H2,1-3H3,(H2,18,19);1H. The summed E-state index contributed by atoms with van der Waals surface area (Å²) in [6.07, 6.45) is 6.51. The van der Waals surface area contributed by atoms with Gasteiger partial charge in [0.25, 0.3) is 0 Å². The van der Waals surface area contributed by atoms with Crippen LogP contribution in [-0.2, 0) is 0 Å². The molecule has 2 rings (SSSR count). The summed E-state index contributed by atoms with van der Waals surface area (Å²) in [5, 5.41) is 0. The first-order valence-electron chi connectivity index (χ1n) is 9.10. The van der Waals surface area contributed by atoms with Gasteiger partial charge in [-0.2, -0.15) is 0 Å². The van der Waals surface area contributed by atoms with Crippen molar-refractivity contribution in [3.05, 3.63) is 0 Å². The van der Waals surface area contributed by atoms with Gasteiger partial charge in [-0.1, -0.05) is 6.42 Å². The van der Waals surface area contributed by atoms with Crippen LogP contribution in [-0.4, -0.2) is 79.1 Å². The molecule has 0 aromatic rings. The molecule has 2 aliphatic heterocycles. The molecule has 0 atom stereocenters. The van der Waals surface area contributed by atoms with Crippen molar-refractivity contribution in [1.29, 1.82) is 0 Å². The number of halogens is 1. The maximum atomic E-state index is 6.22. The molecule has 0 saturated carbocycles. The average Bonchev–Trinajstić information content (AvgIpc) is 2.57. The minimum absolute atomic E-state index is 0. The SMILES string of the molecule is CCN(CC)C(N)=NCC1(N2CCCCC2)CCN(C)CC1.I. The minimum Gasteiger partial charge on any atom is -0.370 e. The van der Waals surface area contributed by atoms with Gasteiger partial charge in [0.1, 0.15) is 0 Å². The van der Waals surface area contributed by atoms with Crippen molar-refractivity contribution in [2.24, 2.45) is 10.7 Å². The highest BCUT2D eigenvalue weighted by Gasteiger charge is 2.39. The molecule has 5 nitrogen and oxygen atoms in total. The zero-order valence-electron chi connectivity index (χ0n) is 15.3. The molecule has 0 aromatic heterocycles. The van der Waals surface area contributed by atoms with Crippen molar-refractivity contribution in [3.8, 4) is 0 Å². The molecule has 0 aliphatic carbocycles. The summed E-state index contributed by atoms with van der Waals surface area (Å²) in [4.78, 5) is 12.1. The smallest absolute Gasteiger partial charge is 0.191 e. The fourth-order valence-corrected chi connectivity index (χ4v) is 3.85. The van der Waals surface area contributed by atoms with Crippen LogP contribution < -0.4 is 5.73 Å². The van der Waals surface area contributed by atoms with Gasteiger partial charge in [-0.3, -0.25) is 9.89 Å². The molecule has 0 bridgehead atoms. The van der Waals surface area contributed by atoms with Crippen LogP contribution in [0.5, 0.6) is 0 Å². The summed E-state index contributed by atoms with van der Waals surface area (Å²) >= 11 is 0. The van der Waals surface area contributed by atoms with E-state index >= 15 is 0 Å². The predicted octanol–water partition coefficient (Wildman–Crippen LogP) is 2.21. The Labute approximate surface area is 159 Å². The van der Waals surface area contributed by atoms with Gasteiger partial charge in [0, 0.05) is 18.6 Å². The number of piperidine rings is 2. The maximum Gasteiger partial charge on any atom is 0.191 e. The van der Waals surface area contributed by atoms with E-state index in [0.29, 0.717) is 0 Å². The third-order valence-electron chi connectivity index (χ3n) is 5.57. The van der Waals surface area contributed by atoms with E-state index in [0.717, 1.165) is 25.6 Å². The van der Waals surface area contributed by atoms with Crippen LogP contribution in [0, 0.1) is 0 Å². The van der Waals surface area contributed by atoms with Crippen LogP contribution in [0.25, 0.3) is 0 Å². The molecule has 2 saturated heterocycles. The van der Waals surface area contributed by atoms with Crippen molar-refractivity contribution >= 4 is 29.9 Å². The first-order valence-corrected chi connectivity index (χ1v) is 9.10. The number of likely N-dealkylation sites (tertiary alicyclic amines) is 2. The number of rotatable bonds is 5. The number of nitrogens with two attached hydrogens (primary N) is 1. The molecule has 0 spiro atoms. The third kappa shape index (κ3) is 5.46. The van der Waals surface area contributed by atoms with E-state index in [1.54, 1.807) is 0 Å². The fourth-order valence-electron chi connectivity index (χ4n) is 3.85. The summed E-state index contributed by atoms with van der Waals surface area (Å²) in [6, 6.07) is 0. The van der Waals surface area contributed by atoms with Gasteiger partial charge in [-0.25, -0.2) is 0 Å². The number of nitrogens with zero attached hydrogens (tertiary/aromatic N) is 4. The lowest BCUT2D eigenvalue weighted by Crippen LogP contribution is -2.58. The molecule has 0 unspecified atom stereocenters. The Kier molecular flexibility index (Phi) is 9.15. The van der Waals surface area contributed by atoms with Crippen LogP contribution in [0.1, 0.15) is 46.0 Å². The molecule has 2 N–H and O–H groups in total. The molecule has 2 fully saturated rings. The topological polar surface area (TPSA) is 48.1 Å². The van der Waals surface area contributed by atoms with E-state index in [-0.39, 0.29) is 29.5 Å². The van der Waals surface area contributed by atoms with E-state index in [1.807, 2.05) is 0 Å². The van der Waals surface area contributed by atoms with Gasteiger partial charge >= 0.3 is 0 Å². The van der Waals surface area contributed by atoms with Crippen molar-refractivity contribution in [2.45, 2.75) is 51.5 Å². The third-order valence-corrected chi connectivity index (χ3v) is 5.57. The van der Waals surface area contributed by atoms with Gasteiger partial charge in [0.05, 0.1) is 6.54 Å². The Morgan fingerprint density at radius 1 is 1.04 bits per heavy atom. The van der Waals surface area contributed by atoms with E-state index in [4.69, 9.17) is 10.7 Å². The summed E-state index contributed by atoms with van der Waals surface area (Å²) < 4.78 is 0. The molecule has 0 amide bonds. The Morgan fingerprint density at radius 2 is 1.61 bits per heavy atom. The summed E-state index contributed by atoms with van der Waals surface area (Å²) in [5.41, 5.74) is 6.46. The van der Waals surface area contributed by atoms with Crippen molar-refractivity contribution in [2.75, 3.05) is 52.9 Å². The van der Waals surface area contributed by atoms with E-state index in [9.17, 15) is 0 Å². The second-order valence-electron chi connectivity index (χ2n) is 6.92. The molecule has 0 aromatic carbocycles. The predicted molar refractivity (Wildman–Crippen MR) is 110 cm³/mol. The molecule has 0 radical (unpaired) electrons. The molecule has 6 heteroatoms. The maximum absolute atomic E-state index is 6.22. The number of guanidine groups is 1. The normalized spacial score (nSPS) is 23.3. The highest BCUT2D eigenvalue weighted by atomic mass is 127. The van der Waals surface area contributed by atoms with Gasteiger partial charge in [-0.05, 0) is 72.8 Å². The Hall–Kier alpha value is -0.0800. The van der Waals surface area contributed by atoms with E-state index in [2.05, 4.69) is 35.6 Å². The summed E-state index contributed by atoms with van der Waals surface area (Å²) in [5.74, 6) is 0.723. The summed E-state index contributed by atoms with van der Waals surface area (Å²) in [6.45, 7) is 11.9. The second-order valence-corrected chi connectivity index (χ2v) is 6.92. The van der Waals surface area contributed by atoms with Crippen LogP contribution in [0.2, 0.25) is 0 Å². The van der Waals surface area contributed by atoms with Gasteiger partial charge in [-0.15, -0.1) is 24.0 Å². The zero-order chi connectivity index (χ0) is 16.0. The van der Waals surface area contributed by atoms with Gasteiger partial charge in [0.2, 0.25) is 0 Å². The summed E-state index contributed by atoms with van der Waals surface area (Å²) in [7, 11) is 2.23. The van der Waals surface area contributed by atoms with Gasteiger partial charge in [0.15, 0.2) is 5.96 Å². The average molecular weight is 437 g/mol. The van der Waals surface area contributed by atoms with Crippen LogP contribution in [0.4, 0.5) is 0 Å². The number of hydrogen-bond donors (Lipinski definition) is 1. The van der Waals surface area contributed by atoms with Crippen LogP contribution >= 0.6 is 24.0 Å². The molecule has 23 heavy (non-hydrogen) atoms. The minimum atomic E-state index is 0. The van der Waals surface area contributed by atoms with E-state index in [1.165, 1.54) is 58.3 Å². The molecule has 2 aliphatic rings. The van der Waals surface area contributed by atoms with Crippen LogP contribution in [0.3, 0.4) is 0 Å². The van der Waals surface area contributed by atoms with Gasteiger partial charge < -0.3 is 15.5 Å². The van der Waals surface area contributed by atoms with Crippen molar-refractivity contribution in [1.82, 2.24) is 14.7 Å². The van der Waals surface area contributed by atoms with E-state index < -0.39 is 0 Å². The first kappa shape index (κ1) is 21.0. The van der Waals surface area contributed by atoms with Crippen molar-refractivity contribution in [3.63, 3.8) is 0 Å². The first-order chi connectivity index (χ1) is 10.6. The van der Waals surface area contributed by atoms with Crippen molar-refractivity contribution < 1.29 is 0 Å². The molecule has 136 valence electrons. The quantitative estimate of drug-likeness (QED) is 0.407. The molecular formula is C17H36IN5. The highest BCUT2D eigenvalue weighted by molar-refractivity contribution is 14.0. The number of aliphatic imine (C=N–C) groups is 1. The Bertz CT molecular complexity index is 356. The molecular weight excluding hydrogens is 401 g/mol.